The van der Waals surface area contributed by atoms with Crippen molar-refractivity contribution in [2.24, 2.45) is 0 Å². The lowest BCUT2D eigenvalue weighted by atomic mass is 10.1. The molecule has 0 aliphatic rings. The molecule has 3 aromatic carbocycles. The Hall–Kier alpha value is -4.33. The summed E-state index contributed by atoms with van der Waals surface area (Å²) in [6, 6.07) is 21.9. The van der Waals surface area contributed by atoms with Gasteiger partial charge < -0.3 is 11.1 Å². The quantitative estimate of drug-likeness (QED) is 0.387. The molecule has 5 aromatic rings. The molecule has 0 saturated carbocycles. The molecule has 8 heteroatoms. The maximum atomic E-state index is 13.5. The molecule has 33 heavy (non-hydrogen) atoms. The smallest absolute Gasteiger partial charge is 0.225 e. The van der Waals surface area contributed by atoms with Gasteiger partial charge >= 0.3 is 0 Å². The third kappa shape index (κ3) is 4.23. The lowest BCUT2D eigenvalue weighted by molar-refractivity contribution is 0.627. The number of nitrogen functional groups attached to an aromatic ring is 1. The molecule has 0 spiro atoms. The Bertz CT molecular complexity index is 1400. The number of hydrogen-bond donors (Lipinski definition) is 2. The van der Waals surface area contributed by atoms with Crippen LogP contribution in [0, 0.1) is 11.6 Å². The number of anilines is 2. The first-order chi connectivity index (χ1) is 16.1. The Labute approximate surface area is 188 Å². The zero-order valence-corrected chi connectivity index (χ0v) is 17.5. The van der Waals surface area contributed by atoms with E-state index in [0.717, 1.165) is 6.42 Å². The highest BCUT2D eigenvalue weighted by Gasteiger charge is 2.19. The van der Waals surface area contributed by atoms with Gasteiger partial charge in [-0.25, -0.2) is 18.4 Å². The van der Waals surface area contributed by atoms with E-state index in [-0.39, 0.29) is 11.6 Å². The molecule has 3 N–H and O–H groups in total. The predicted molar refractivity (Wildman–Crippen MR) is 125 cm³/mol. The molecule has 164 valence electrons. The van der Waals surface area contributed by atoms with E-state index < -0.39 is 0 Å². The van der Waals surface area contributed by atoms with Crippen molar-refractivity contribution in [2.45, 2.75) is 6.42 Å². The van der Waals surface area contributed by atoms with Gasteiger partial charge in [-0.05, 0) is 60.5 Å². The van der Waals surface area contributed by atoms with Gasteiger partial charge in [-0.15, -0.1) is 5.10 Å². The first kappa shape index (κ1) is 20.6. The molecule has 0 atom stereocenters. The Morgan fingerprint density at radius 1 is 0.818 bits per heavy atom. The second-order valence-electron chi connectivity index (χ2n) is 7.54. The summed E-state index contributed by atoms with van der Waals surface area (Å²) in [6.45, 7) is 0.618. The van der Waals surface area contributed by atoms with Gasteiger partial charge in [0.25, 0.3) is 0 Å². The highest BCUT2D eigenvalue weighted by atomic mass is 19.1. The molecule has 0 radical (unpaired) electrons. The third-order valence-corrected chi connectivity index (χ3v) is 5.30. The van der Waals surface area contributed by atoms with Gasteiger partial charge in [0.2, 0.25) is 5.95 Å². The molecule has 0 saturated heterocycles. The normalized spacial score (nSPS) is 11.1. The zero-order chi connectivity index (χ0) is 22.8. The number of fused-ring (bicyclic) bond motifs is 1. The van der Waals surface area contributed by atoms with Crippen molar-refractivity contribution in [3.8, 4) is 16.9 Å². The van der Waals surface area contributed by atoms with Crippen molar-refractivity contribution >= 4 is 22.8 Å². The summed E-state index contributed by atoms with van der Waals surface area (Å²) in [7, 11) is 0. The van der Waals surface area contributed by atoms with Crippen LogP contribution in [0.25, 0.3) is 28.0 Å². The first-order valence-electron chi connectivity index (χ1n) is 10.4. The molecule has 0 bridgehead atoms. The van der Waals surface area contributed by atoms with Crippen LogP contribution in [-0.4, -0.2) is 26.3 Å². The molecular formula is C25H20F2N6. The number of nitrogens with two attached hydrogens (primary N) is 1. The number of nitrogens with zero attached hydrogens (tertiary/aromatic N) is 4. The summed E-state index contributed by atoms with van der Waals surface area (Å²) in [6.07, 6.45) is 0.792. The van der Waals surface area contributed by atoms with Crippen molar-refractivity contribution in [3.63, 3.8) is 0 Å². The lowest BCUT2D eigenvalue weighted by Crippen LogP contribution is -2.08. The Morgan fingerprint density at radius 2 is 1.48 bits per heavy atom. The van der Waals surface area contributed by atoms with Crippen LogP contribution < -0.4 is 11.1 Å². The van der Waals surface area contributed by atoms with Gasteiger partial charge in [-0.1, -0.05) is 30.3 Å². The number of hydrogen-bond acceptors (Lipinski definition) is 5. The van der Waals surface area contributed by atoms with Crippen LogP contribution >= 0.6 is 0 Å². The number of aromatic nitrogens is 4. The van der Waals surface area contributed by atoms with E-state index in [1.807, 2.05) is 18.2 Å². The van der Waals surface area contributed by atoms with Crippen molar-refractivity contribution in [3.05, 3.63) is 96.1 Å². The summed E-state index contributed by atoms with van der Waals surface area (Å²) < 4.78 is 28.4. The largest absolute Gasteiger partial charge is 0.383 e. The number of rotatable bonds is 6. The first-order valence-corrected chi connectivity index (χ1v) is 10.4. The van der Waals surface area contributed by atoms with E-state index in [2.05, 4.69) is 32.5 Å². The molecule has 0 aliphatic carbocycles. The second-order valence-corrected chi connectivity index (χ2v) is 7.54. The minimum atomic E-state index is -0.356. The van der Waals surface area contributed by atoms with Crippen molar-refractivity contribution < 1.29 is 8.78 Å². The maximum Gasteiger partial charge on any atom is 0.225 e. The summed E-state index contributed by atoms with van der Waals surface area (Å²) in [5, 5.41) is 8.33. The van der Waals surface area contributed by atoms with Crippen LogP contribution in [0.2, 0.25) is 0 Å². The standard InChI is InChI=1S/C25H20F2N6/c26-18-8-6-17(7-9-18)22-21-23(28)33(20-12-10-19(27)11-13-20)32-24(21)31-25(30-22)29-15-14-16-4-2-1-3-5-16/h1-13H,14-15,28H2,(H,29,31,32). The molecule has 0 fully saturated rings. The zero-order valence-electron chi connectivity index (χ0n) is 17.5. The van der Waals surface area contributed by atoms with Crippen LogP contribution in [-0.2, 0) is 6.42 Å². The fourth-order valence-electron chi connectivity index (χ4n) is 3.65. The second kappa shape index (κ2) is 8.66. The number of benzene rings is 3. The Kier molecular flexibility index (Phi) is 5.40. The summed E-state index contributed by atoms with van der Waals surface area (Å²) >= 11 is 0. The molecule has 2 heterocycles. The fourth-order valence-corrected chi connectivity index (χ4v) is 3.65. The van der Waals surface area contributed by atoms with Crippen LogP contribution in [0.1, 0.15) is 5.56 Å². The van der Waals surface area contributed by atoms with Crippen LogP contribution in [0.3, 0.4) is 0 Å². The molecule has 0 aliphatic heterocycles. The third-order valence-electron chi connectivity index (χ3n) is 5.30. The molecule has 0 amide bonds. The summed E-state index contributed by atoms with van der Waals surface area (Å²) in [5.74, 6) is -0.000697. The van der Waals surface area contributed by atoms with Gasteiger partial charge in [0, 0.05) is 12.1 Å². The fraction of sp³-hybridized carbons (Fsp3) is 0.0800. The number of nitrogens with one attached hydrogen (secondary N) is 1. The summed E-state index contributed by atoms with van der Waals surface area (Å²) in [5.41, 5.74) is 9.82. The predicted octanol–water partition coefficient (Wildman–Crippen LogP) is 5.00. The van der Waals surface area contributed by atoms with Crippen molar-refractivity contribution in [1.29, 1.82) is 0 Å². The van der Waals surface area contributed by atoms with E-state index in [1.165, 1.54) is 34.5 Å². The van der Waals surface area contributed by atoms with Gasteiger partial charge in [-0.3, -0.25) is 0 Å². The molecule has 6 nitrogen and oxygen atoms in total. The molecule has 5 rings (SSSR count). The topological polar surface area (TPSA) is 81.7 Å². The van der Waals surface area contributed by atoms with Crippen LogP contribution in [0.4, 0.5) is 20.5 Å². The van der Waals surface area contributed by atoms with Crippen molar-refractivity contribution in [1.82, 2.24) is 19.7 Å². The van der Waals surface area contributed by atoms with Crippen molar-refractivity contribution in [2.75, 3.05) is 17.6 Å². The summed E-state index contributed by atoms with van der Waals surface area (Å²) in [4.78, 5) is 9.23. The van der Waals surface area contributed by atoms with Gasteiger partial charge in [0.05, 0.1) is 16.8 Å². The van der Waals surface area contributed by atoms with E-state index in [9.17, 15) is 8.78 Å². The van der Waals surface area contributed by atoms with E-state index in [0.29, 0.717) is 46.3 Å². The monoisotopic (exact) mass is 442 g/mol. The lowest BCUT2D eigenvalue weighted by Gasteiger charge is -2.09. The Morgan fingerprint density at radius 3 is 2.18 bits per heavy atom. The average Bonchev–Trinajstić information content (AvgIpc) is 3.16. The van der Waals surface area contributed by atoms with Crippen LogP contribution in [0.5, 0.6) is 0 Å². The minimum absolute atomic E-state index is 0.312. The van der Waals surface area contributed by atoms with E-state index in [4.69, 9.17) is 5.73 Å². The molecular weight excluding hydrogens is 422 g/mol. The van der Waals surface area contributed by atoms with Gasteiger partial charge in [0.1, 0.15) is 17.5 Å². The Balaban J connectivity index is 1.57. The van der Waals surface area contributed by atoms with Crippen LogP contribution in [0.15, 0.2) is 78.9 Å². The minimum Gasteiger partial charge on any atom is -0.383 e. The molecule has 0 unspecified atom stereocenters. The van der Waals surface area contributed by atoms with E-state index >= 15 is 0 Å². The SMILES string of the molecule is Nc1c2c(-c3ccc(F)cc3)nc(NCCc3ccccc3)nc2nn1-c1ccc(F)cc1. The van der Waals surface area contributed by atoms with E-state index in [1.54, 1.807) is 24.3 Å². The number of halogens is 2. The highest BCUT2D eigenvalue weighted by molar-refractivity contribution is 5.99. The van der Waals surface area contributed by atoms with Gasteiger partial charge in [0.15, 0.2) is 5.65 Å². The average molecular weight is 442 g/mol. The highest BCUT2D eigenvalue weighted by Crippen LogP contribution is 2.33. The molecule has 2 aromatic heterocycles. The van der Waals surface area contributed by atoms with Gasteiger partial charge in [-0.2, -0.15) is 4.98 Å². The maximum absolute atomic E-state index is 13.5.